The molecule has 0 aromatic heterocycles. The monoisotopic (exact) mass is 462 g/mol. The molecule has 4 aliphatic rings. The lowest BCUT2D eigenvalue weighted by Crippen LogP contribution is -2.58. The largest absolute Gasteiger partial charge is 0.458 e. The molecule has 0 radical (unpaired) electrons. The first-order chi connectivity index (χ1) is 14.5. The Morgan fingerprint density at radius 2 is 1.22 bits per heavy atom. The van der Waals surface area contributed by atoms with Gasteiger partial charge in [-0.25, -0.2) is 0 Å². The summed E-state index contributed by atoms with van der Waals surface area (Å²) in [6.07, 6.45) is 3.47. The zero-order chi connectivity index (χ0) is 24.5. The van der Waals surface area contributed by atoms with E-state index in [9.17, 15) is 22.8 Å². The van der Waals surface area contributed by atoms with Crippen LogP contribution >= 0.6 is 0 Å². The van der Waals surface area contributed by atoms with Crippen LogP contribution in [0.15, 0.2) is 0 Å². The van der Waals surface area contributed by atoms with Gasteiger partial charge in [0, 0.05) is 0 Å². The summed E-state index contributed by atoms with van der Waals surface area (Å²) in [4.78, 5) is 23.5. The van der Waals surface area contributed by atoms with Crippen LogP contribution < -0.4 is 0 Å². The molecule has 4 saturated carbocycles. The molecule has 4 bridgehead atoms. The summed E-state index contributed by atoms with van der Waals surface area (Å²) in [7, 11) is 0. The topological polar surface area (TPSA) is 52.6 Å². The quantitative estimate of drug-likeness (QED) is 0.412. The first kappa shape index (κ1) is 27.0. The maximum atomic E-state index is 12.5. The lowest BCUT2D eigenvalue weighted by Gasteiger charge is -2.59. The number of halogens is 3. The van der Waals surface area contributed by atoms with Crippen molar-refractivity contribution >= 4 is 11.9 Å². The van der Waals surface area contributed by atoms with Crippen LogP contribution in [0.4, 0.5) is 13.2 Å². The smallest absolute Gasteiger partial charge is 0.422 e. The van der Waals surface area contributed by atoms with Crippen molar-refractivity contribution in [3.8, 4) is 0 Å². The van der Waals surface area contributed by atoms with Crippen LogP contribution in [0, 0.1) is 34.5 Å². The van der Waals surface area contributed by atoms with Gasteiger partial charge in [0.05, 0.1) is 10.8 Å². The van der Waals surface area contributed by atoms with Gasteiger partial charge in [-0.2, -0.15) is 13.2 Å². The Labute approximate surface area is 191 Å². The predicted octanol–water partition coefficient (Wildman–Crippen LogP) is 6.71. The summed E-state index contributed by atoms with van der Waals surface area (Å²) >= 11 is 0. The van der Waals surface area contributed by atoms with Crippen LogP contribution in [0.5, 0.6) is 0 Å². The molecule has 0 heterocycles. The number of esters is 2. The third-order valence-electron chi connectivity index (χ3n) is 8.31. The molecular formula is C25H41F3O4. The van der Waals surface area contributed by atoms with Crippen molar-refractivity contribution in [1.29, 1.82) is 0 Å². The minimum atomic E-state index is -4.44. The lowest BCUT2D eigenvalue weighted by molar-refractivity contribution is -0.211. The second-order valence-electron chi connectivity index (χ2n) is 11.5. The third-order valence-corrected chi connectivity index (χ3v) is 8.31. The lowest BCUT2D eigenvalue weighted by atomic mass is 9.50. The van der Waals surface area contributed by atoms with Gasteiger partial charge in [0.25, 0.3) is 0 Å². The Kier molecular flexibility index (Phi) is 8.04. The summed E-state index contributed by atoms with van der Waals surface area (Å²) in [6.45, 7) is 11.6. The Balaban J connectivity index is 0.000000247. The number of hydrogen-bond acceptors (Lipinski definition) is 4. The van der Waals surface area contributed by atoms with Crippen molar-refractivity contribution in [3.05, 3.63) is 0 Å². The molecule has 0 atom stereocenters. The van der Waals surface area contributed by atoms with Crippen LogP contribution in [-0.4, -0.2) is 30.3 Å². The van der Waals surface area contributed by atoms with E-state index in [2.05, 4.69) is 18.6 Å². The minimum Gasteiger partial charge on any atom is -0.458 e. The van der Waals surface area contributed by atoms with Crippen LogP contribution in [-0.2, 0) is 19.1 Å². The van der Waals surface area contributed by atoms with Crippen molar-refractivity contribution in [2.45, 2.75) is 105 Å². The van der Waals surface area contributed by atoms with Gasteiger partial charge in [0.1, 0.15) is 5.60 Å². The first-order valence-corrected chi connectivity index (χ1v) is 12.0. The number of alkyl halides is 3. The molecule has 186 valence electrons. The van der Waals surface area contributed by atoms with Gasteiger partial charge in [-0.05, 0) is 103 Å². The van der Waals surface area contributed by atoms with Gasteiger partial charge >= 0.3 is 18.1 Å². The zero-order valence-electron chi connectivity index (χ0n) is 20.7. The van der Waals surface area contributed by atoms with E-state index in [-0.39, 0.29) is 17.0 Å². The fraction of sp³-hybridized carbons (Fsp3) is 0.920. The highest BCUT2D eigenvalue weighted by Crippen LogP contribution is 2.59. The van der Waals surface area contributed by atoms with Crippen molar-refractivity contribution in [1.82, 2.24) is 0 Å². The summed E-state index contributed by atoms with van der Waals surface area (Å²) in [5.74, 6) is 2.31. The molecule has 0 saturated heterocycles. The Bertz CT molecular complexity index is 653. The van der Waals surface area contributed by atoms with Crippen molar-refractivity contribution < 1.29 is 32.2 Å². The van der Waals surface area contributed by atoms with E-state index in [1.807, 2.05) is 13.8 Å². The van der Waals surface area contributed by atoms with Crippen molar-refractivity contribution in [3.63, 3.8) is 0 Å². The van der Waals surface area contributed by atoms with Gasteiger partial charge < -0.3 is 9.47 Å². The van der Waals surface area contributed by atoms with E-state index >= 15 is 0 Å². The second kappa shape index (κ2) is 9.54. The SMILES string of the molecule is CCC(C)(C)C(=O)OC1(C)C2CC3CC(C2)CC1C3.CCC(C)(C)C(=O)OCC(F)(F)F. The number of carbonyl (C=O) groups is 2. The average Bonchev–Trinajstić information content (AvgIpc) is 2.69. The molecule has 32 heavy (non-hydrogen) atoms. The van der Waals surface area contributed by atoms with Crippen LogP contribution in [0.25, 0.3) is 0 Å². The number of hydrogen-bond donors (Lipinski definition) is 0. The Morgan fingerprint density at radius 1 is 0.812 bits per heavy atom. The normalized spacial score (nSPS) is 31.6. The molecule has 0 aliphatic heterocycles. The highest BCUT2D eigenvalue weighted by atomic mass is 19.4. The van der Waals surface area contributed by atoms with Gasteiger partial charge in [-0.3, -0.25) is 9.59 Å². The van der Waals surface area contributed by atoms with E-state index in [1.54, 1.807) is 20.8 Å². The molecule has 0 spiro atoms. The third kappa shape index (κ3) is 6.19. The molecule has 0 N–H and O–H groups in total. The fourth-order valence-corrected chi connectivity index (χ4v) is 5.26. The van der Waals surface area contributed by atoms with Crippen LogP contribution in [0.2, 0.25) is 0 Å². The molecule has 0 unspecified atom stereocenters. The number of carbonyl (C=O) groups excluding carboxylic acids is 2. The molecule has 4 nitrogen and oxygen atoms in total. The second-order valence-corrected chi connectivity index (χ2v) is 11.5. The van der Waals surface area contributed by atoms with E-state index in [4.69, 9.17) is 4.74 Å². The molecule has 4 fully saturated rings. The van der Waals surface area contributed by atoms with Crippen molar-refractivity contribution in [2.24, 2.45) is 34.5 Å². The van der Waals surface area contributed by atoms with Crippen molar-refractivity contribution in [2.75, 3.05) is 6.61 Å². The van der Waals surface area contributed by atoms with Gasteiger partial charge in [0.2, 0.25) is 0 Å². The molecule has 7 heteroatoms. The number of ether oxygens (including phenoxy) is 2. The molecule has 0 aromatic rings. The molecule has 0 aromatic carbocycles. The molecule has 0 amide bonds. The summed E-state index contributed by atoms with van der Waals surface area (Å²) in [5.41, 5.74) is -1.35. The fourth-order valence-electron chi connectivity index (χ4n) is 5.26. The zero-order valence-corrected chi connectivity index (χ0v) is 20.7. The van der Waals surface area contributed by atoms with E-state index < -0.39 is 24.2 Å². The predicted molar refractivity (Wildman–Crippen MR) is 117 cm³/mol. The summed E-state index contributed by atoms with van der Waals surface area (Å²) in [5, 5.41) is 0. The van der Waals surface area contributed by atoms with Gasteiger partial charge in [0.15, 0.2) is 6.61 Å². The van der Waals surface area contributed by atoms with Crippen LogP contribution in [0.1, 0.15) is 93.4 Å². The first-order valence-electron chi connectivity index (χ1n) is 12.0. The van der Waals surface area contributed by atoms with E-state index in [1.165, 1.54) is 32.1 Å². The summed E-state index contributed by atoms with van der Waals surface area (Å²) < 4.78 is 45.1. The van der Waals surface area contributed by atoms with E-state index in [0.717, 1.165) is 18.3 Å². The van der Waals surface area contributed by atoms with Gasteiger partial charge in [-0.15, -0.1) is 0 Å². The maximum absolute atomic E-state index is 12.5. The summed E-state index contributed by atoms with van der Waals surface area (Å²) in [6, 6.07) is 0. The Morgan fingerprint density at radius 3 is 1.59 bits per heavy atom. The Hall–Kier alpha value is -1.27. The molecule has 4 aliphatic carbocycles. The standard InChI is InChI=1S/C17H28O2.C8H13F3O2/c1-5-16(2,3)15(18)19-17(4)13-7-11-6-12(9-13)10-14(17)8-11;1-4-7(2,3)6(12)13-5-8(9,10)11/h11-14H,5-10H2,1-4H3;4-5H2,1-3H3. The van der Waals surface area contributed by atoms with E-state index in [0.29, 0.717) is 18.3 Å². The van der Waals surface area contributed by atoms with Gasteiger partial charge in [-0.1, -0.05) is 13.8 Å². The number of rotatable bonds is 6. The molecular weight excluding hydrogens is 421 g/mol. The average molecular weight is 463 g/mol. The highest BCUT2D eigenvalue weighted by Gasteiger charge is 2.57. The molecule has 4 rings (SSSR count). The van der Waals surface area contributed by atoms with Crippen LogP contribution in [0.3, 0.4) is 0 Å². The highest BCUT2D eigenvalue weighted by molar-refractivity contribution is 5.76. The maximum Gasteiger partial charge on any atom is 0.422 e. The minimum absolute atomic E-state index is 0.0185.